The summed E-state index contributed by atoms with van der Waals surface area (Å²) in [6.07, 6.45) is 8.13. The molecular formula is C37H43N5O2. The minimum Gasteiger partial charge on any atom is -0.355 e. The highest BCUT2D eigenvalue weighted by Gasteiger charge is 2.22. The molecular weight excluding hydrogens is 546 g/mol. The number of piperazine rings is 1. The van der Waals surface area contributed by atoms with Crippen LogP contribution in [0.15, 0.2) is 102 Å². The van der Waals surface area contributed by atoms with Gasteiger partial charge in [-0.1, -0.05) is 43.3 Å². The van der Waals surface area contributed by atoms with Gasteiger partial charge in [0, 0.05) is 73.0 Å². The second-order valence-corrected chi connectivity index (χ2v) is 11.4. The van der Waals surface area contributed by atoms with Crippen LogP contribution in [-0.2, 0) is 6.42 Å². The van der Waals surface area contributed by atoms with E-state index in [-0.39, 0.29) is 11.8 Å². The first-order valence-corrected chi connectivity index (χ1v) is 15.6. The molecule has 7 nitrogen and oxygen atoms in total. The molecule has 2 amide bonds. The SMILES string of the molecule is C/C=C\C(Nc1ccc(NC(=O)c2ccccc2)cc1)=C(/C1=CC1)c1ccc(C(=O)NCCN2CCN(C)CC2)cc1CC. The van der Waals surface area contributed by atoms with E-state index < -0.39 is 0 Å². The molecule has 1 fully saturated rings. The number of rotatable bonds is 12. The van der Waals surface area contributed by atoms with Crippen LogP contribution in [-0.4, -0.2) is 67.9 Å². The van der Waals surface area contributed by atoms with Gasteiger partial charge >= 0.3 is 0 Å². The van der Waals surface area contributed by atoms with Crippen LogP contribution in [0.2, 0.25) is 0 Å². The van der Waals surface area contributed by atoms with Crippen LogP contribution in [0.25, 0.3) is 5.57 Å². The van der Waals surface area contributed by atoms with E-state index in [0.29, 0.717) is 17.7 Å². The zero-order chi connectivity index (χ0) is 30.9. The summed E-state index contributed by atoms with van der Waals surface area (Å²) in [7, 11) is 2.15. The van der Waals surface area contributed by atoms with Crippen molar-refractivity contribution in [2.75, 3.05) is 56.9 Å². The number of allylic oxidation sites excluding steroid dienone is 5. The summed E-state index contributed by atoms with van der Waals surface area (Å²) in [6.45, 7) is 9.91. The number of hydrogen-bond acceptors (Lipinski definition) is 5. The van der Waals surface area contributed by atoms with Gasteiger partial charge in [-0.05, 0) is 98.1 Å². The number of carbonyl (C=O) groups excluding carboxylic acids is 2. The van der Waals surface area contributed by atoms with Crippen molar-refractivity contribution in [3.63, 3.8) is 0 Å². The summed E-state index contributed by atoms with van der Waals surface area (Å²) in [5.74, 6) is -0.161. The molecule has 1 saturated heterocycles. The fourth-order valence-corrected chi connectivity index (χ4v) is 5.46. The molecule has 0 aromatic heterocycles. The fraction of sp³-hybridized carbons (Fsp3) is 0.297. The van der Waals surface area contributed by atoms with Crippen LogP contribution in [0.3, 0.4) is 0 Å². The van der Waals surface area contributed by atoms with Crippen LogP contribution in [0.1, 0.15) is 52.1 Å². The Morgan fingerprint density at radius 1 is 0.841 bits per heavy atom. The maximum atomic E-state index is 13.1. The molecule has 44 heavy (non-hydrogen) atoms. The Balaban J connectivity index is 1.30. The predicted molar refractivity (Wildman–Crippen MR) is 181 cm³/mol. The molecule has 3 N–H and O–H groups in total. The second-order valence-electron chi connectivity index (χ2n) is 11.4. The van der Waals surface area contributed by atoms with Gasteiger partial charge in [0.25, 0.3) is 11.8 Å². The molecule has 0 unspecified atom stereocenters. The average molecular weight is 590 g/mol. The molecule has 1 heterocycles. The van der Waals surface area contributed by atoms with Gasteiger partial charge in [-0.2, -0.15) is 0 Å². The number of benzene rings is 3. The number of anilines is 2. The molecule has 228 valence electrons. The Morgan fingerprint density at radius 2 is 1.52 bits per heavy atom. The van der Waals surface area contributed by atoms with Gasteiger partial charge < -0.3 is 20.9 Å². The van der Waals surface area contributed by atoms with Crippen LogP contribution >= 0.6 is 0 Å². The number of amides is 2. The van der Waals surface area contributed by atoms with Gasteiger partial charge in [0.2, 0.25) is 0 Å². The Labute approximate surface area is 261 Å². The van der Waals surface area contributed by atoms with E-state index in [1.54, 1.807) is 12.1 Å². The highest BCUT2D eigenvalue weighted by molar-refractivity contribution is 6.04. The fourth-order valence-electron chi connectivity index (χ4n) is 5.46. The first kappa shape index (κ1) is 31.0. The van der Waals surface area contributed by atoms with E-state index in [2.05, 4.69) is 57.9 Å². The van der Waals surface area contributed by atoms with E-state index in [4.69, 9.17) is 0 Å². The van der Waals surface area contributed by atoms with Gasteiger partial charge in [0.05, 0.1) is 0 Å². The van der Waals surface area contributed by atoms with Crippen molar-refractivity contribution in [2.24, 2.45) is 0 Å². The lowest BCUT2D eigenvalue weighted by Crippen LogP contribution is -2.46. The van der Waals surface area contributed by atoms with Crippen molar-refractivity contribution in [1.82, 2.24) is 15.1 Å². The number of aryl methyl sites for hydroxylation is 1. The highest BCUT2D eigenvalue weighted by atomic mass is 16.2. The largest absolute Gasteiger partial charge is 0.355 e. The predicted octanol–water partition coefficient (Wildman–Crippen LogP) is 6.21. The molecule has 2 aliphatic rings. The molecule has 1 aliphatic carbocycles. The molecule has 0 bridgehead atoms. The summed E-state index contributed by atoms with van der Waals surface area (Å²) in [4.78, 5) is 30.4. The maximum Gasteiger partial charge on any atom is 0.255 e. The number of hydrogen-bond donors (Lipinski definition) is 3. The number of likely N-dealkylation sites (N-methyl/N-ethyl adjacent to an activating group) is 1. The third-order valence-corrected chi connectivity index (χ3v) is 8.12. The molecule has 5 rings (SSSR count). The Kier molecular flexibility index (Phi) is 10.4. The average Bonchev–Trinajstić information content (AvgIpc) is 3.89. The third kappa shape index (κ3) is 8.13. The Morgan fingerprint density at radius 3 is 2.16 bits per heavy atom. The topological polar surface area (TPSA) is 76.7 Å². The standard InChI is InChI=1S/C37H43N5O2/c1-4-9-34(39-31-15-17-32(18-16-31)40-37(44)29-10-7-6-8-11-29)35(28-12-13-28)33-19-14-30(26-27(33)5-2)36(43)38-20-21-42-24-22-41(3)23-25-42/h4,6-12,14-19,26,39H,5,13,20-25H2,1-3H3,(H,38,43)(H,40,44)/b9-4-,35-34-. The van der Waals surface area contributed by atoms with Gasteiger partial charge in [-0.3, -0.25) is 14.5 Å². The summed E-state index contributed by atoms with van der Waals surface area (Å²) >= 11 is 0. The third-order valence-electron chi connectivity index (χ3n) is 8.12. The number of nitrogens with zero attached hydrogens (tertiary/aromatic N) is 2. The van der Waals surface area contributed by atoms with Crippen molar-refractivity contribution in [1.29, 1.82) is 0 Å². The molecule has 0 spiro atoms. The van der Waals surface area contributed by atoms with E-state index in [1.165, 1.54) is 5.57 Å². The molecule has 1 aliphatic heterocycles. The van der Waals surface area contributed by atoms with Crippen molar-refractivity contribution >= 4 is 28.8 Å². The number of nitrogens with one attached hydrogen (secondary N) is 3. The van der Waals surface area contributed by atoms with Crippen LogP contribution < -0.4 is 16.0 Å². The summed E-state index contributed by atoms with van der Waals surface area (Å²) in [5.41, 5.74) is 8.69. The summed E-state index contributed by atoms with van der Waals surface area (Å²) < 4.78 is 0. The van der Waals surface area contributed by atoms with E-state index in [9.17, 15) is 9.59 Å². The zero-order valence-electron chi connectivity index (χ0n) is 26.0. The first-order valence-electron chi connectivity index (χ1n) is 15.6. The van der Waals surface area contributed by atoms with Crippen molar-refractivity contribution in [3.8, 4) is 0 Å². The molecule has 3 aromatic rings. The normalized spacial score (nSPS) is 15.8. The number of carbonyl (C=O) groups is 2. The molecule has 3 aromatic carbocycles. The van der Waals surface area contributed by atoms with E-state index in [1.807, 2.05) is 67.6 Å². The zero-order valence-corrected chi connectivity index (χ0v) is 26.0. The summed E-state index contributed by atoms with van der Waals surface area (Å²) in [5, 5.41) is 9.70. The van der Waals surface area contributed by atoms with E-state index >= 15 is 0 Å². The minimum absolute atomic E-state index is 0.0252. The van der Waals surface area contributed by atoms with E-state index in [0.717, 1.165) is 79.3 Å². The maximum absolute atomic E-state index is 13.1. The van der Waals surface area contributed by atoms with Crippen LogP contribution in [0.5, 0.6) is 0 Å². The Bertz CT molecular complexity index is 1550. The molecule has 0 saturated carbocycles. The van der Waals surface area contributed by atoms with Crippen molar-refractivity contribution in [2.45, 2.75) is 26.7 Å². The van der Waals surface area contributed by atoms with Gasteiger partial charge in [-0.15, -0.1) is 0 Å². The lowest BCUT2D eigenvalue weighted by atomic mass is 9.92. The molecule has 0 atom stereocenters. The minimum atomic E-state index is -0.136. The van der Waals surface area contributed by atoms with Gasteiger partial charge in [0.1, 0.15) is 0 Å². The monoisotopic (exact) mass is 589 g/mol. The smallest absolute Gasteiger partial charge is 0.255 e. The quantitative estimate of drug-likeness (QED) is 0.219. The lowest BCUT2D eigenvalue weighted by molar-refractivity contribution is 0.0940. The van der Waals surface area contributed by atoms with Gasteiger partial charge in [-0.25, -0.2) is 0 Å². The summed E-state index contributed by atoms with van der Waals surface area (Å²) in [6, 6.07) is 23.0. The van der Waals surface area contributed by atoms with Crippen molar-refractivity contribution in [3.05, 3.63) is 125 Å². The van der Waals surface area contributed by atoms with Crippen LogP contribution in [0, 0.1) is 0 Å². The molecule has 7 heteroatoms. The van der Waals surface area contributed by atoms with Crippen LogP contribution in [0.4, 0.5) is 11.4 Å². The lowest BCUT2D eigenvalue weighted by Gasteiger charge is -2.32. The molecule has 0 radical (unpaired) electrons. The van der Waals surface area contributed by atoms with Gasteiger partial charge in [0.15, 0.2) is 0 Å². The first-order chi connectivity index (χ1) is 21.4. The van der Waals surface area contributed by atoms with Crippen molar-refractivity contribution < 1.29 is 9.59 Å². The second kappa shape index (κ2) is 14.8. The highest BCUT2D eigenvalue weighted by Crippen LogP contribution is 2.39. The Hall–Kier alpha value is -4.46.